The van der Waals surface area contributed by atoms with Gasteiger partial charge >= 0.3 is 0 Å². The monoisotopic (exact) mass is 266 g/mol. The van der Waals surface area contributed by atoms with Crippen molar-refractivity contribution in [3.63, 3.8) is 0 Å². The van der Waals surface area contributed by atoms with E-state index in [1.807, 2.05) is 19.9 Å². The first-order valence-corrected chi connectivity index (χ1v) is 7.03. The zero-order valence-electron chi connectivity index (χ0n) is 11.7. The number of nitrogens with two attached hydrogens (primary N) is 1. The van der Waals surface area contributed by atoms with Crippen molar-refractivity contribution in [2.75, 3.05) is 24.6 Å². The maximum atomic E-state index is 13.3. The van der Waals surface area contributed by atoms with Gasteiger partial charge in [-0.25, -0.2) is 4.39 Å². The van der Waals surface area contributed by atoms with Crippen molar-refractivity contribution >= 4 is 5.69 Å². The van der Waals surface area contributed by atoms with Crippen molar-refractivity contribution in [2.45, 2.75) is 38.8 Å². The number of halogens is 1. The Bertz CT molecular complexity index is 415. The largest absolute Gasteiger partial charge is 0.378 e. The molecule has 0 bridgehead atoms. The highest BCUT2D eigenvalue weighted by Gasteiger charge is 2.22. The number of rotatable bonds is 4. The first-order chi connectivity index (χ1) is 9.11. The number of nitrogens with zero attached hydrogens (tertiary/aromatic N) is 1. The summed E-state index contributed by atoms with van der Waals surface area (Å²) in [6.45, 7) is 6.57. The van der Waals surface area contributed by atoms with Crippen molar-refractivity contribution < 1.29 is 9.13 Å². The molecule has 1 heterocycles. The molecule has 4 heteroatoms. The lowest BCUT2D eigenvalue weighted by Gasteiger charge is -2.35. The van der Waals surface area contributed by atoms with Crippen molar-refractivity contribution in [1.29, 1.82) is 0 Å². The Morgan fingerprint density at radius 2 is 2.11 bits per heavy atom. The second-order valence-corrected chi connectivity index (χ2v) is 5.13. The number of benzene rings is 1. The maximum absolute atomic E-state index is 13.3. The van der Waals surface area contributed by atoms with Gasteiger partial charge < -0.3 is 15.4 Å². The van der Waals surface area contributed by atoms with E-state index in [4.69, 9.17) is 10.5 Å². The van der Waals surface area contributed by atoms with Crippen molar-refractivity contribution in [2.24, 2.45) is 5.73 Å². The quantitative estimate of drug-likeness (QED) is 0.910. The average molecular weight is 266 g/mol. The highest BCUT2D eigenvalue weighted by molar-refractivity contribution is 5.55. The molecule has 19 heavy (non-hydrogen) atoms. The summed E-state index contributed by atoms with van der Waals surface area (Å²) in [5.41, 5.74) is 7.89. The Morgan fingerprint density at radius 1 is 1.42 bits per heavy atom. The fourth-order valence-corrected chi connectivity index (χ4v) is 2.68. The molecule has 0 radical (unpaired) electrons. The third-order valence-electron chi connectivity index (χ3n) is 3.67. The van der Waals surface area contributed by atoms with E-state index in [2.05, 4.69) is 4.90 Å². The topological polar surface area (TPSA) is 38.5 Å². The maximum Gasteiger partial charge on any atom is 0.123 e. The minimum absolute atomic E-state index is 0.157. The van der Waals surface area contributed by atoms with Crippen LogP contribution < -0.4 is 10.6 Å². The Labute approximate surface area is 114 Å². The third-order valence-corrected chi connectivity index (χ3v) is 3.67. The molecule has 1 aliphatic rings. The molecule has 1 fully saturated rings. The minimum Gasteiger partial charge on any atom is -0.378 e. The number of hydrogen-bond donors (Lipinski definition) is 1. The van der Waals surface area contributed by atoms with E-state index in [0.29, 0.717) is 6.10 Å². The van der Waals surface area contributed by atoms with E-state index in [-0.39, 0.29) is 11.9 Å². The van der Waals surface area contributed by atoms with Gasteiger partial charge in [0.05, 0.1) is 6.10 Å². The predicted octanol–water partition coefficient (Wildman–Crippen LogP) is 2.85. The van der Waals surface area contributed by atoms with Gasteiger partial charge in [-0.05, 0) is 50.5 Å². The molecule has 2 N–H and O–H groups in total. The smallest absolute Gasteiger partial charge is 0.123 e. The molecular weight excluding hydrogens is 243 g/mol. The Hall–Kier alpha value is -1.13. The van der Waals surface area contributed by atoms with Gasteiger partial charge in [0.15, 0.2) is 0 Å². The van der Waals surface area contributed by atoms with Crippen LogP contribution in [0.2, 0.25) is 0 Å². The summed E-state index contributed by atoms with van der Waals surface area (Å²) in [4.78, 5) is 2.29. The predicted molar refractivity (Wildman–Crippen MR) is 75.9 cm³/mol. The van der Waals surface area contributed by atoms with Gasteiger partial charge in [-0.1, -0.05) is 0 Å². The van der Waals surface area contributed by atoms with Crippen LogP contribution in [0.25, 0.3) is 0 Å². The molecule has 1 saturated heterocycles. The van der Waals surface area contributed by atoms with E-state index in [1.54, 1.807) is 6.07 Å². The summed E-state index contributed by atoms with van der Waals surface area (Å²) in [5.74, 6) is -0.222. The number of anilines is 1. The van der Waals surface area contributed by atoms with Gasteiger partial charge in [-0.3, -0.25) is 0 Å². The third kappa shape index (κ3) is 3.45. The van der Waals surface area contributed by atoms with Gasteiger partial charge in [0.1, 0.15) is 5.82 Å². The van der Waals surface area contributed by atoms with Crippen LogP contribution in [-0.4, -0.2) is 25.8 Å². The van der Waals surface area contributed by atoms with Crippen molar-refractivity contribution in [3.8, 4) is 0 Å². The summed E-state index contributed by atoms with van der Waals surface area (Å²) in [5, 5.41) is 0. The lowest BCUT2D eigenvalue weighted by atomic mass is 10.0. The molecule has 1 aliphatic heterocycles. The summed E-state index contributed by atoms with van der Waals surface area (Å²) in [7, 11) is 0. The number of ether oxygens (including phenoxy) is 1. The van der Waals surface area contributed by atoms with Crippen LogP contribution in [0, 0.1) is 5.82 Å². The van der Waals surface area contributed by atoms with Crippen LogP contribution in [0.3, 0.4) is 0 Å². The van der Waals surface area contributed by atoms with Crippen molar-refractivity contribution in [3.05, 3.63) is 29.6 Å². The van der Waals surface area contributed by atoms with Gasteiger partial charge in [0, 0.05) is 31.4 Å². The Kier molecular flexibility index (Phi) is 4.77. The summed E-state index contributed by atoms with van der Waals surface area (Å²) >= 11 is 0. The summed E-state index contributed by atoms with van der Waals surface area (Å²) < 4.78 is 19.0. The van der Waals surface area contributed by atoms with Crippen LogP contribution in [-0.2, 0) is 4.74 Å². The van der Waals surface area contributed by atoms with Crippen LogP contribution in [0.15, 0.2) is 18.2 Å². The molecule has 0 saturated carbocycles. The average Bonchev–Trinajstić information content (AvgIpc) is 2.40. The highest BCUT2D eigenvalue weighted by atomic mass is 19.1. The molecule has 0 aromatic heterocycles. The van der Waals surface area contributed by atoms with Crippen LogP contribution >= 0.6 is 0 Å². The Balaban J connectivity index is 2.11. The fraction of sp³-hybridized carbons (Fsp3) is 0.600. The van der Waals surface area contributed by atoms with E-state index >= 15 is 0 Å². The lowest BCUT2D eigenvalue weighted by Crippen LogP contribution is -2.37. The Morgan fingerprint density at radius 3 is 2.68 bits per heavy atom. The normalized spacial score (nSPS) is 18.6. The summed E-state index contributed by atoms with van der Waals surface area (Å²) in [6, 6.07) is 4.75. The van der Waals surface area contributed by atoms with E-state index < -0.39 is 0 Å². The molecule has 1 aromatic carbocycles. The highest BCUT2D eigenvalue weighted by Crippen LogP contribution is 2.29. The van der Waals surface area contributed by atoms with E-state index in [1.165, 1.54) is 6.07 Å². The lowest BCUT2D eigenvalue weighted by molar-refractivity contribution is 0.0459. The number of piperidine rings is 1. The zero-order valence-corrected chi connectivity index (χ0v) is 11.7. The fourth-order valence-electron chi connectivity index (χ4n) is 2.68. The molecule has 0 spiro atoms. The second-order valence-electron chi connectivity index (χ2n) is 5.13. The molecule has 1 aromatic rings. The minimum atomic E-state index is -0.222. The SMILES string of the molecule is CCOC1CCN(c2ccc(F)cc2[C@H](C)N)CC1. The van der Waals surface area contributed by atoms with E-state index in [0.717, 1.165) is 43.8 Å². The van der Waals surface area contributed by atoms with Crippen LogP contribution in [0.5, 0.6) is 0 Å². The molecular formula is C15H23FN2O. The summed E-state index contributed by atoms with van der Waals surface area (Å²) in [6.07, 6.45) is 2.40. The van der Waals surface area contributed by atoms with Gasteiger partial charge in [0.25, 0.3) is 0 Å². The second kappa shape index (κ2) is 6.35. The first-order valence-electron chi connectivity index (χ1n) is 7.03. The molecule has 106 valence electrons. The van der Waals surface area contributed by atoms with Gasteiger partial charge in [-0.15, -0.1) is 0 Å². The molecule has 2 rings (SSSR count). The zero-order chi connectivity index (χ0) is 13.8. The van der Waals surface area contributed by atoms with E-state index in [9.17, 15) is 4.39 Å². The first kappa shape index (κ1) is 14.3. The molecule has 3 nitrogen and oxygen atoms in total. The molecule has 0 amide bonds. The van der Waals surface area contributed by atoms with Crippen LogP contribution in [0.1, 0.15) is 38.3 Å². The molecule has 1 atom stereocenters. The number of hydrogen-bond acceptors (Lipinski definition) is 3. The standard InChI is InChI=1S/C15H23FN2O/c1-3-19-13-6-8-18(9-7-13)15-5-4-12(16)10-14(15)11(2)17/h4-5,10-11,13H,3,6-9,17H2,1-2H3/t11-/m0/s1. The molecule has 0 unspecified atom stereocenters. The van der Waals surface area contributed by atoms with Gasteiger partial charge in [-0.2, -0.15) is 0 Å². The van der Waals surface area contributed by atoms with Gasteiger partial charge in [0.2, 0.25) is 0 Å². The van der Waals surface area contributed by atoms with Crippen molar-refractivity contribution in [1.82, 2.24) is 0 Å². The molecule has 0 aliphatic carbocycles. The van der Waals surface area contributed by atoms with Crippen LogP contribution in [0.4, 0.5) is 10.1 Å².